The number of hydrogen-bond donors (Lipinski definition) is 1. The Labute approximate surface area is 279 Å². The molecule has 0 saturated heterocycles. The Balaban J connectivity index is 2.18. The number of carbonyl (C=O) groups excluding carboxylic acids is 2. The second-order valence-corrected chi connectivity index (χ2v) is 13.2. The minimum atomic E-state index is -4.49. The van der Waals surface area contributed by atoms with Crippen LogP contribution < -0.4 is 23.8 Å². The van der Waals surface area contributed by atoms with Gasteiger partial charge in [-0.3, -0.25) is 13.9 Å². The van der Waals surface area contributed by atoms with Crippen molar-refractivity contribution in [3.05, 3.63) is 75.2 Å². The zero-order valence-electron chi connectivity index (χ0n) is 25.8. The van der Waals surface area contributed by atoms with Crippen molar-refractivity contribution in [1.82, 2.24) is 10.2 Å². The topological polar surface area (TPSA) is 114 Å². The second-order valence-electron chi connectivity index (χ2n) is 10.1. The molecule has 0 aliphatic rings. The molecule has 2 unspecified atom stereocenters. The first-order valence-corrected chi connectivity index (χ1v) is 16.5. The quantitative estimate of drug-likeness (QED) is 0.213. The van der Waals surface area contributed by atoms with Crippen molar-refractivity contribution in [2.45, 2.75) is 50.7 Å². The maximum Gasteiger partial charge on any atom is 0.265 e. The Kier molecular flexibility index (Phi) is 12.6. The number of methoxy groups -OCH3 is 3. The number of halogens is 3. The van der Waals surface area contributed by atoms with E-state index < -0.39 is 34.4 Å². The van der Waals surface area contributed by atoms with Gasteiger partial charge in [0.05, 0.1) is 31.9 Å². The SMILES string of the molecule is CCC(C)NC(=O)C(C)N(Cc1c(Cl)cccc1Cl)C(=O)CN(c1cc(Cl)ccc1OC)S(=O)(=O)c1ccc(OC)c(OC)c1. The fraction of sp³-hybridized carbons (Fsp3) is 0.355. The van der Waals surface area contributed by atoms with Gasteiger partial charge in [0.2, 0.25) is 11.8 Å². The summed E-state index contributed by atoms with van der Waals surface area (Å²) in [6.45, 7) is 4.38. The van der Waals surface area contributed by atoms with Crippen LogP contribution in [0.1, 0.15) is 32.8 Å². The lowest BCUT2D eigenvalue weighted by atomic mass is 10.1. The summed E-state index contributed by atoms with van der Waals surface area (Å²) >= 11 is 19.2. The number of amides is 2. The van der Waals surface area contributed by atoms with Gasteiger partial charge < -0.3 is 24.4 Å². The Morgan fingerprint density at radius 2 is 1.47 bits per heavy atom. The molecule has 0 radical (unpaired) electrons. The maximum atomic E-state index is 14.3. The zero-order valence-corrected chi connectivity index (χ0v) is 28.9. The van der Waals surface area contributed by atoms with E-state index in [0.717, 1.165) is 4.31 Å². The highest BCUT2D eigenvalue weighted by Crippen LogP contribution is 2.37. The van der Waals surface area contributed by atoms with Crippen LogP contribution in [0.4, 0.5) is 5.69 Å². The highest BCUT2D eigenvalue weighted by Gasteiger charge is 2.35. The molecule has 1 N–H and O–H groups in total. The van der Waals surface area contributed by atoms with Crippen molar-refractivity contribution in [2.75, 3.05) is 32.2 Å². The Morgan fingerprint density at radius 3 is 2.04 bits per heavy atom. The Morgan fingerprint density at radius 1 is 0.867 bits per heavy atom. The number of anilines is 1. The van der Waals surface area contributed by atoms with Gasteiger partial charge in [0.1, 0.15) is 18.3 Å². The van der Waals surface area contributed by atoms with Crippen LogP contribution in [-0.2, 0) is 26.2 Å². The molecule has 3 aromatic carbocycles. The van der Waals surface area contributed by atoms with Gasteiger partial charge in [-0.1, -0.05) is 47.8 Å². The molecule has 45 heavy (non-hydrogen) atoms. The molecule has 10 nitrogen and oxygen atoms in total. The van der Waals surface area contributed by atoms with E-state index in [2.05, 4.69) is 5.32 Å². The predicted octanol–water partition coefficient (Wildman–Crippen LogP) is 6.20. The van der Waals surface area contributed by atoms with Crippen molar-refractivity contribution in [2.24, 2.45) is 0 Å². The molecule has 0 spiro atoms. The van der Waals surface area contributed by atoms with Crippen LogP contribution in [0.25, 0.3) is 0 Å². The van der Waals surface area contributed by atoms with E-state index in [1.807, 2.05) is 13.8 Å². The molecule has 2 amide bonds. The minimum Gasteiger partial charge on any atom is -0.495 e. The van der Waals surface area contributed by atoms with Crippen LogP contribution >= 0.6 is 34.8 Å². The molecule has 0 aromatic heterocycles. The van der Waals surface area contributed by atoms with Gasteiger partial charge in [-0.25, -0.2) is 8.42 Å². The zero-order chi connectivity index (χ0) is 33.5. The summed E-state index contributed by atoms with van der Waals surface area (Å²) in [5.74, 6) is -0.546. The third kappa shape index (κ3) is 8.46. The van der Waals surface area contributed by atoms with E-state index in [1.54, 1.807) is 25.1 Å². The summed E-state index contributed by atoms with van der Waals surface area (Å²) in [4.78, 5) is 28.6. The van der Waals surface area contributed by atoms with Crippen molar-refractivity contribution in [3.8, 4) is 17.2 Å². The molecule has 2 atom stereocenters. The summed E-state index contributed by atoms with van der Waals surface area (Å²) in [6, 6.07) is 12.1. The van der Waals surface area contributed by atoms with Crippen LogP contribution in [0.5, 0.6) is 17.2 Å². The second kappa shape index (κ2) is 15.8. The molecule has 244 valence electrons. The molecular formula is C31H36Cl3N3O7S. The molecule has 14 heteroatoms. The number of ether oxygens (including phenoxy) is 3. The monoisotopic (exact) mass is 699 g/mol. The molecule has 0 bridgehead atoms. The summed E-state index contributed by atoms with van der Waals surface area (Å²) in [6.07, 6.45) is 0.661. The first-order valence-electron chi connectivity index (χ1n) is 13.9. The standard InChI is InChI=1S/C31H36Cl3N3O7S/c1-7-19(2)35-31(39)20(3)36(17-23-24(33)9-8-10-25(23)34)30(38)18-37(26-15-21(32)11-13-27(26)42-4)45(40,41)22-12-14-28(43-5)29(16-22)44-6/h8-16,19-20H,7,17-18H2,1-6H3,(H,35,39). The fourth-order valence-electron chi connectivity index (χ4n) is 4.38. The molecule has 0 aliphatic carbocycles. The lowest BCUT2D eigenvalue weighted by Crippen LogP contribution is -2.52. The van der Waals surface area contributed by atoms with E-state index in [9.17, 15) is 18.0 Å². The number of nitrogens with zero attached hydrogens (tertiary/aromatic N) is 2. The van der Waals surface area contributed by atoms with Crippen LogP contribution in [0.3, 0.4) is 0 Å². The minimum absolute atomic E-state index is 0.000528. The third-order valence-corrected chi connectivity index (χ3v) is 9.89. The first-order chi connectivity index (χ1) is 21.3. The lowest BCUT2D eigenvalue weighted by molar-refractivity contribution is -0.139. The summed E-state index contributed by atoms with van der Waals surface area (Å²) in [5.41, 5.74) is 0.396. The molecule has 0 aliphatic heterocycles. The molecule has 3 rings (SSSR count). The van der Waals surface area contributed by atoms with Gasteiger partial charge in [-0.15, -0.1) is 0 Å². The normalized spacial score (nSPS) is 12.6. The van der Waals surface area contributed by atoms with Gasteiger partial charge in [-0.05, 0) is 62.7 Å². The van der Waals surface area contributed by atoms with Gasteiger partial charge in [-0.2, -0.15) is 0 Å². The van der Waals surface area contributed by atoms with Crippen molar-refractivity contribution < 1.29 is 32.2 Å². The number of hydrogen-bond acceptors (Lipinski definition) is 7. The van der Waals surface area contributed by atoms with E-state index in [4.69, 9.17) is 49.0 Å². The van der Waals surface area contributed by atoms with Crippen LogP contribution in [0.2, 0.25) is 15.1 Å². The van der Waals surface area contributed by atoms with E-state index in [0.29, 0.717) is 17.7 Å². The summed E-state index contributed by atoms with van der Waals surface area (Å²) in [7, 11) is -0.328. The highest BCUT2D eigenvalue weighted by molar-refractivity contribution is 7.92. The number of sulfonamides is 1. The van der Waals surface area contributed by atoms with Crippen molar-refractivity contribution in [3.63, 3.8) is 0 Å². The summed E-state index contributed by atoms with van der Waals surface area (Å²) < 4.78 is 45.6. The average molecular weight is 701 g/mol. The number of carbonyl (C=O) groups is 2. The summed E-state index contributed by atoms with van der Waals surface area (Å²) in [5, 5.41) is 3.63. The van der Waals surface area contributed by atoms with Crippen molar-refractivity contribution in [1.29, 1.82) is 0 Å². The van der Waals surface area contributed by atoms with Crippen molar-refractivity contribution >= 4 is 62.3 Å². The average Bonchev–Trinajstić information content (AvgIpc) is 3.02. The predicted molar refractivity (Wildman–Crippen MR) is 176 cm³/mol. The van der Waals surface area contributed by atoms with Crippen LogP contribution in [0.15, 0.2) is 59.5 Å². The Hall–Kier alpha value is -3.38. The van der Waals surface area contributed by atoms with E-state index in [-0.39, 0.29) is 49.7 Å². The first kappa shape index (κ1) is 36.1. The highest BCUT2D eigenvalue weighted by atomic mass is 35.5. The third-order valence-electron chi connectivity index (χ3n) is 7.19. The van der Waals surface area contributed by atoms with Gasteiger partial charge in [0.25, 0.3) is 10.0 Å². The van der Waals surface area contributed by atoms with Gasteiger partial charge in [0.15, 0.2) is 11.5 Å². The fourth-order valence-corrected chi connectivity index (χ4v) is 6.49. The van der Waals surface area contributed by atoms with Gasteiger partial charge in [0, 0.05) is 39.3 Å². The van der Waals surface area contributed by atoms with Gasteiger partial charge >= 0.3 is 0 Å². The number of benzene rings is 3. The molecule has 0 heterocycles. The number of nitrogens with one attached hydrogen (secondary N) is 1. The van der Waals surface area contributed by atoms with E-state index >= 15 is 0 Å². The largest absolute Gasteiger partial charge is 0.495 e. The maximum absolute atomic E-state index is 14.3. The van der Waals surface area contributed by atoms with Crippen LogP contribution in [0, 0.1) is 0 Å². The molecular weight excluding hydrogens is 665 g/mol. The molecule has 3 aromatic rings. The Bertz CT molecular complexity index is 1620. The van der Waals surface area contributed by atoms with Crippen LogP contribution in [-0.4, -0.2) is 65.1 Å². The molecule has 0 saturated carbocycles. The molecule has 0 fully saturated rings. The number of rotatable bonds is 14. The smallest absolute Gasteiger partial charge is 0.265 e. The lowest BCUT2D eigenvalue weighted by Gasteiger charge is -2.33. The van der Waals surface area contributed by atoms with E-state index in [1.165, 1.54) is 62.6 Å².